The number of hydrogen-bond donors (Lipinski definition) is 1. The van der Waals surface area contributed by atoms with E-state index in [1.54, 1.807) is 48.5 Å². The van der Waals surface area contributed by atoms with E-state index in [0.29, 0.717) is 47.4 Å². The molecule has 1 heterocycles. The SMILES string of the molecule is CCOc1cccc2c1C(=O)N(Cc1ccc(Cl)c(C)c1)C2=O.CN(C)CCOc1ccccc1C(=O)Nc1ccc(Cl)c(C(F)(F)F)c1. The molecule has 3 amide bonds. The number of ether oxygens (including phenoxy) is 2. The summed E-state index contributed by atoms with van der Waals surface area (Å²) in [6.07, 6.45) is -4.61. The first-order valence-corrected chi connectivity index (χ1v) is 15.9. The smallest absolute Gasteiger partial charge is 0.417 e. The molecule has 0 unspecified atom stereocenters. The first-order valence-electron chi connectivity index (χ1n) is 15.1. The van der Waals surface area contributed by atoms with E-state index in [2.05, 4.69) is 5.32 Å². The van der Waals surface area contributed by atoms with Crippen LogP contribution in [-0.4, -0.2) is 61.4 Å². The van der Waals surface area contributed by atoms with Gasteiger partial charge in [0.25, 0.3) is 17.7 Å². The molecule has 0 aliphatic carbocycles. The molecule has 1 aliphatic heterocycles. The summed E-state index contributed by atoms with van der Waals surface area (Å²) in [6, 6.07) is 20.3. The summed E-state index contributed by atoms with van der Waals surface area (Å²) < 4.78 is 49.9. The minimum Gasteiger partial charge on any atom is -0.493 e. The number of fused-ring (bicyclic) bond motifs is 1. The van der Waals surface area contributed by atoms with Gasteiger partial charge in [-0.2, -0.15) is 13.2 Å². The predicted molar refractivity (Wildman–Crippen MR) is 183 cm³/mol. The third-order valence-corrected chi connectivity index (χ3v) is 8.03. The van der Waals surface area contributed by atoms with E-state index >= 15 is 0 Å². The number of halogens is 5. The third-order valence-electron chi connectivity index (χ3n) is 7.28. The summed E-state index contributed by atoms with van der Waals surface area (Å²) >= 11 is 11.6. The molecule has 8 nitrogen and oxygen atoms in total. The molecule has 0 spiro atoms. The van der Waals surface area contributed by atoms with Crippen LogP contribution in [0.3, 0.4) is 0 Å². The quantitative estimate of drug-likeness (QED) is 0.166. The molecule has 258 valence electrons. The number of benzene rings is 4. The van der Waals surface area contributed by atoms with Crippen LogP contribution in [0.5, 0.6) is 11.5 Å². The molecular formula is C36H34Cl2F3N3O5. The molecule has 49 heavy (non-hydrogen) atoms. The topological polar surface area (TPSA) is 88.2 Å². The lowest BCUT2D eigenvalue weighted by Crippen LogP contribution is -2.29. The van der Waals surface area contributed by atoms with Crippen molar-refractivity contribution in [2.45, 2.75) is 26.6 Å². The molecule has 0 aromatic heterocycles. The Hall–Kier alpha value is -4.58. The van der Waals surface area contributed by atoms with E-state index < -0.39 is 22.7 Å². The Kier molecular flexibility index (Phi) is 12.3. The maximum Gasteiger partial charge on any atom is 0.417 e. The van der Waals surface area contributed by atoms with Gasteiger partial charge in [-0.25, -0.2) is 0 Å². The van der Waals surface area contributed by atoms with Gasteiger partial charge in [0.2, 0.25) is 0 Å². The van der Waals surface area contributed by atoms with Crippen molar-refractivity contribution in [1.29, 1.82) is 0 Å². The average molecular weight is 717 g/mol. The van der Waals surface area contributed by atoms with Crippen LogP contribution in [-0.2, 0) is 12.7 Å². The van der Waals surface area contributed by atoms with Crippen molar-refractivity contribution < 1.29 is 37.0 Å². The number of imide groups is 1. The number of likely N-dealkylation sites (N-methyl/N-ethyl adjacent to an activating group) is 1. The van der Waals surface area contributed by atoms with Crippen LogP contribution in [0.2, 0.25) is 10.0 Å². The Labute approximate surface area is 292 Å². The molecule has 0 saturated heterocycles. The number of nitrogens with zero attached hydrogens (tertiary/aromatic N) is 2. The lowest BCUT2D eigenvalue weighted by atomic mass is 10.1. The van der Waals surface area contributed by atoms with Gasteiger partial charge in [-0.1, -0.05) is 53.5 Å². The number of hydrogen-bond acceptors (Lipinski definition) is 6. The maximum absolute atomic E-state index is 12.9. The molecule has 4 aromatic carbocycles. The third kappa shape index (κ3) is 9.32. The van der Waals surface area contributed by atoms with Crippen LogP contribution in [0.1, 0.15) is 54.7 Å². The van der Waals surface area contributed by atoms with Gasteiger partial charge >= 0.3 is 6.18 Å². The van der Waals surface area contributed by atoms with Crippen LogP contribution in [0.4, 0.5) is 18.9 Å². The van der Waals surface area contributed by atoms with Gasteiger partial charge in [-0.15, -0.1) is 0 Å². The van der Waals surface area contributed by atoms with Gasteiger partial charge in [0.1, 0.15) is 18.1 Å². The Morgan fingerprint density at radius 2 is 1.57 bits per heavy atom. The largest absolute Gasteiger partial charge is 0.493 e. The zero-order valence-electron chi connectivity index (χ0n) is 27.2. The number of amides is 3. The van der Waals surface area contributed by atoms with Gasteiger partial charge in [-0.3, -0.25) is 19.3 Å². The Morgan fingerprint density at radius 1 is 0.878 bits per heavy atom. The van der Waals surface area contributed by atoms with Crippen LogP contribution in [0, 0.1) is 6.92 Å². The van der Waals surface area contributed by atoms with Gasteiger partial charge < -0.3 is 19.7 Å². The van der Waals surface area contributed by atoms with Crippen molar-refractivity contribution in [1.82, 2.24) is 9.80 Å². The summed E-state index contributed by atoms with van der Waals surface area (Å²) in [7, 11) is 3.78. The Bertz CT molecular complexity index is 1850. The molecule has 1 N–H and O–H groups in total. The molecule has 0 fully saturated rings. The fourth-order valence-electron chi connectivity index (χ4n) is 4.85. The fourth-order valence-corrected chi connectivity index (χ4v) is 5.19. The summed E-state index contributed by atoms with van der Waals surface area (Å²) in [5.41, 5.74) is 1.74. The van der Waals surface area contributed by atoms with Crippen LogP contribution in [0.25, 0.3) is 0 Å². The summed E-state index contributed by atoms with van der Waals surface area (Å²) in [5.74, 6) is -0.364. The van der Waals surface area contributed by atoms with Gasteiger partial charge in [0, 0.05) is 17.3 Å². The second-order valence-electron chi connectivity index (χ2n) is 11.2. The summed E-state index contributed by atoms with van der Waals surface area (Å²) in [5, 5.41) is 2.68. The van der Waals surface area contributed by atoms with Gasteiger partial charge in [0.15, 0.2) is 0 Å². The van der Waals surface area contributed by atoms with Crippen LogP contribution in [0.15, 0.2) is 78.9 Å². The van der Waals surface area contributed by atoms with Crippen molar-refractivity contribution in [2.75, 3.05) is 39.2 Å². The zero-order valence-corrected chi connectivity index (χ0v) is 28.7. The number of para-hydroxylation sites is 1. The van der Waals surface area contributed by atoms with Crippen LogP contribution < -0.4 is 14.8 Å². The number of aryl methyl sites for hydroxylation is 1. The lowest BCUT2D eigenvalue weighted by Gasteiger charge is -2.15. The highest BCUT2D eigenvalue weighted by molar-refractivity contribution is 6.31. The van der Waals surface area contributed by atoms with Crippen molar-refractivity contribution in [3.8, 4) is 11.5 Å². The first-order chi connectivity index (χ1) is 23.2. The summed E-state index contributed by atoms with van der Waals surface area (Å²) in [4.78, 5) is 40.8. The highest BCUT2D eigenvalue weighted by Crippen LogP contribution is 2.36. The second-order valence-corrected chi connectivity index (χ2v) is 12.0. The van der Waals surface area contributed by atoms with Gasteiger partial charge in [-0.05, 0) is 87.6 Å². The van der Waals surface area contributed by atoms with Crippen molar-refractivity contribution in [2.24, 2.45) is 0 Å². The van der Waals surface area contributed by atoms with Gasteiger partial charge in [0.05, 0.1) is 40.4 Å². The molecule has 0 bridgehead atoms. The standard InChI is InChI=1S/C18H18ClF3N2O2.C18H16ClNO3/c1-24(2)9-10-26-16-6-4-3-5-13(16)17(25)23-12-7-8-15(19)14(11-12)18(20,21)22;1-3-23-15-6-4-5-13-16(15)18(22)20(17(13)21)10-12-7-8-14(19)11(2)9-12/h3-8,11H,9-10H2,1-2H3,(H,23,25);4-9H,3,10H2,1-2H3. The number of rotatable bonds is 10. The number of carbonyl (C=O) groups is 3. The highest BCUT2D eigenvalue weighted by atomic mass is 35.5. The molecule has 0 atom stereocenters. The Balaban J connectivity index is 0.000000222. The minimum absolute atomic E-state index is 0.00480. The fraction of sp³-hybridized carbons (Fsp3) is 0.250. The van der Waals surface area contributed by atoms with E-state index in [0.717, 1.165) is 23.3 Å². The molecule has 1 aliphatic rings. The van der Waals surface area contributed by atoms with E-state index in [4.69, 9.17) is 32.7 Å². The number of anilines is 1. The molecular weight excluding hydrogens is 682 g/mol. The molecule has 4 aromatic rings. The number of nitrogens with one attached hydrogen (secondary N) is 1. The molecule has 0 radical (unpaired) electrons. The lowest BCUT2D eigenvalue weighted by molar-refractivity contribution is -0.137. The second kappa shape index (κ2) is 16.2. The maximum atomic E-state index is 12.9. The van der Waals surface area contributed by atoms with E-state index in [9.17, 15) is 27.6 Å². The number of alkyl halides is 3. The Morgan fingerprint density at radius 3 is 2.24 bits per heavy atom. The molecule has 0 saturated carbocycles. The highest BCUT2D eigenvalue weighted by Gasteiger charge is 2.38. The predicted octanol–water partition coefficient (Wildman–Crippen LogP) is 8.39. The van der Waals surface area contributed by atoms with E-state index in [1.807, 2.05) is 45.0 Å². The molecule has 5 rings (SSSR count). The van der Waals surface area contributed by atoms with Crippen molar-refractivity contribution >= 4 is 46.6 Å². The van der Waals surface area contributed by atoms with Crippen molar-refractivity contribution in [3.63, 3.8) is 0 Å². The van der Waals surface area contributed by atoms with E-state index in [1.165, 1.54) is 11.0 Å². The first kappa shape index (κ1) is 37.2. The van der Waals surface area contributed by atoms with Crippen molar-refractivity contribution in [3.05, 3.63) is 122 Å². The monoisotopic (exact) mass is 715 g/mol. The minimum atomic E-state index is -4.61. The van der Waals surface area contributed by atoms with E-state index in [-0.39, 0.29) is 29.6 Å². The zero-order chi connectivity index (χ0) is 35.9. The number of carbonyl (C=O) groups excluding carboxylic acids is 3. The molecule has 13 heteroatoms. The average Bonchev–Trinajstić information content (AvgIpc) is 3.29. The summed E-state index contributed by atoms with van der Waals surface area (Å²) in [6.45, 7) is 5.42. The normalized spacial score (nSPS) is 12.4. The van der Waals surface area contributed by atoms with Crippen LogP contribution >= 0.6 is 23.2 Å².